The molecule has 4 rings (SSSR count). The molecule has 2 aromatic rings. The lowest BCUT2D eigenvalue weighted by Crippen LogP contribution is -2.43. The first kappa shape index (κ1) is 23.9. The van der Waals surface area contributed by atoms with Crippen LogP contribution in [0.3, 0.4) is 0 Å². The van der Waals surface area contributed by atoms with Crippen LogP contribution in [0.2, 0.25) is 0 Å². The number of nitrogens with zero attached hydrogens (tertiary/aromatic N) is 3. The summed E-state index contributed by atoms with van der Waals surface area (Å²) in [6, 6.07) is 14.6. The quantitative estimate of drug-likeness (QED) is 0.635. The van der Waals surface area contributed by atoms with E-state index in [1.165, 1.54) is 5.56 Å². The van der Waals surface area contributed by atoms with E-state index in [4.69, 9.17) is 4.74 Å². The van der Waals surface area contributed by atoms with Crippen molar-refractivity contribution in [2.24, 2.45) is 5.92 Å². The van der Waals surface area contributed by atoms with E-state index in [1.807, 2.05) is 24.3 Å². The normalized spacial score (nSPS) is 19.3. The number of rotatable bonds is 7. The van der Waals surface area contributed by atoms with Crippen molar-refractivity contribution >= 4 is 29.2 Å². The van der Waals surface area contributed by atoms with Gasteiger partial charge in [0.25, 0.3) is 0 Å². The van der Waals surface area contributed by atoms with Crippen molar-refractivity contribution < 1.29 is 19.1 Å². The van der Waals surface area contributed by atoms with E-state index < -0.39 is 11.9 Å². The first-order valence-corrected chi connectivity index (χ1v) is 11.8. The number of carbonyl (C=O) groups excluding carboxylic acids is 3. The molecule has 1 atom stereocenters. The molecule has 1 unspecified atom stereocenters. The van der Waals surface area contributed by atoms with Gasteiger partial charge in [-0.05, 0) is 55.9 Å². The highest BCUT2D eigenvalue weighted by atomic mass is 16.5. The van der Waals surface area contributed by atoms with Crippen LogP contribution >= 0.6 is 0 Å². The fourth-order valence-electron chi connectivity index (χ4n) is 4.33. The van der Waals surface area contributed by atoms with Gasteiger partial charge >= 0.3 is 5.97 Å². The Bertz CT molecular complexity index is 1010. The molecule has 8 nitrogen and oxygen atoms in total. The number of benzene rings is 2. The molecular weight excluding hydrogens is 432 g/mol. The summed E-state index contributed by atoms with van der Waals surface area (Å²) in [7, 11) is 2.15. The van der Waals surface area contributed by atoms with Gasteiger partial charge in [0, 0.05) is 57.1 Å². The molecule has 2 heterocycles. The second-order valence-corrected chi connectivity index (χ2v) is 8.94. The van der Waals surface area contributed by atoms with E-state index in [9.17, 15) is 14.4 Å². The summed E-state index contributed by atoms with van der Waals surface area (Å²) in [5.41, 5.74) is 3.05. The Hall–Kier alpha value is -3.23. The first-order chi connectivity index (χ1) is 16.4. The molecule has 0 bridgehead atoms. The van der Waals surface area contributed by atoms with Gasteiger partial charge < -0.3 is 19.9 Å². The molecule has 0 radical (unpaired) electrons. The Kier molecular flexibility index (Phi) is 7.59. The number of nitrogens with one attached hydrogen (secondary N) is 1. The molecule has 0 spiro atoms. The zero-order chi connectivity index (χ0) is 24.1. The minimum absolute atomic E-state index is 0.105. The summed E-state index contributed by atoms with van der Waals surface area (Å²) < 4.78 is 4.99. The predicted molar refractivity (Wildman–Crippen MR) is 131 cm³/mol. The highest BCUT2D eigenvalue weighted by molar-refractivity contribution is 6.03. The Morgan fingerprint density at radius 2 is 1.68 bits per heavy atom. The molecule has 0 aromatic heterocycles. The van der Waals surface area contributed by atoms with Crippen molar-refractivity contribution in [2.45, 2.75) is 19.9 Å². The summed E-state index contributed by atoms with van der Waals surface area (Å²) >= 11 is 0. The molecule has 8 heteroatoms. The number of likely N-dealkylation sites (N-methyl/N-ethyl adjacent to an activating group) is 1. The highest BCUT2D eigenvalue weighted by Crippen LogP contribution is 2.26. The molecule has 2 aliphatic rings. The minimum atomic E-state index is -0.428. The number of ether oxygens (including phenoxy) is 1. The van der Waals surface area contributed by atoms with E-state index >= 15 is 0 Å². The number of piperazine rings is 1. The average Bonchev–Trinajstić information content (AvgIpc) is 3.24. The summed E-state index contributed by atoms with van der Waals surface area (Å²) in [6.07, 6.45) is 0.160. The van der Waals surface area contributed by atoms with Crippen LogP contribution in [0.4, 0.5) is 11.4 Å². The number of esters is 1. The van der Waals surface area contributed by atoms with E-state index in [0.29, 0.717) is 24.4 Å². The second-order valence-electron chi connectivity index (χ2n) is 8.94. The number of anilines is 2. The van der Waals surface area contributed by atoms with Crippen molar-refractivity contribution in [2.75, 3.05) is 56.6 Å². The molecule has 1 N–H and O–H groups in total. The van der Waals surface area contributed by atoms with Gasteiger partial charge in [0.1, 0.15) is 0 Å². The summed E-state index contributed by atoms with van der Waals surface area (Å²) in [5, 5.41) is 2.95. The Morgan fingerprint density at radius 3 is 2.32 bits per heavy atom. The Labute approximate surface area is 200 Å². The minimum Gasteiger partial charge on any atom is -0.462 e. The van der Waals surface area contributed by atoms with Gasteiger partial charge in [0.15, 0.2) is 0 Å². The van der Waals surface area contributed by atoms with Gasteiger partial charge in [-0.25, -0.2) is 4.79 Å². The molecule has 0 aliphatic carbocycles. The van der Waals surface area contributed by atoms with Crippen molar-refractivity contribution in [3.8, 4) is 0 Å². The van der Waals surface area contributed by atoms with Crippen LogP contribution < -0.4 is 10.2 Å². The lowest BCUT2D eigenvalue weighted by Gasteiger charge is -2.32. The summed E-state index contributed by atoms with van der Waals surface area (Å²) in [4.78, 5) is 43.6. The highest BCUT2D eigenvalue weighted by Gasteiger charge is 2.35. The van der Waals surface area contributed by atoms with Crippen molar-refractivity contribution in [3.05, 3.63) is 59.7 Å². The van der Waals surface area contributed by atoms with E-state index in [1.54, 1.807) is 36.1 Å². The number of hydrogen-bond donors (Lipinski definition) is 1. The molecule has 2 amide bonds. The lowest BCUT2D eigenvalue weighted by molar-refractivity contribution is -0.122. The SMILES string of the molecule is CCOC(=O)c1ccc(N2CC(C(=O)Nc3ccc(CN4CCN(C)CC4)cc3)CC2=O)cc1. The maximum Gasteiger partial charge on any atom is 0.338 e. The summed E-state index contributed by atoms with van der Waals surface area (Å²) in [6.45, 7) is 7.57. The monoisotopic (exact) mass is 464 g/mol. The Balaban J connectivity index is 1.31. The van der Waals surface area contributed by atoms with Gasteiger partial charge in [-0.3, -0.25) is 14.5 Å². The Morgan fingerprint density at radius 1 is 1.00 bits per heavy atom. The first-order valence-electron chi connectivity index (χ1n) is 11.8. The number of carbonyl (C=O) groups is 3. The van der Waals surface area contributed by atoms with Gasteiger partial charge in [0.05, 0.1) is 18.1 Å². The molecule has 180 valence electrons. The number of amides is 2. The molecule has 2 saturated heterocycles. The van der Waals surface area contributed by atoms with Crippen LogP contribution in [-0.4, -0.2) is 74.0 Å². The van der Waals surface area contributed by atoms with Crippen LogP contribution in [0, 0.1) is 5.92 Å². The zero-order valence-corrected chi connectivity index (χ0v) is 19.8. The van der Waals surface area contributed by atoms with Crippen molar-refractivity contribution in [1.82, 2.24) is 9.80 Å². The van der Waals surface area contributed by atoms with Crippen molar-refractivity contribution in [3.63, 3.8) is 0 Å². The predicted octanol–water partition coefficient (Wildman–Crippen LogP) is 2.60. The molecule has 0 saturated carbocycles. The topological polar surface area (TPSA) is 82.2 Å². The molecule has 2 fully saturated rings. The third kappa shape index (κ3) is 5.81. The van der Waals surface area contributed by atoms with Crippen LogP contribution in [0.5, 0.6) is 0 Å². The average molecular weight is 465 g/mol. The molecule has 34 heavy (non-hydrogen) atoms. The molecule has 2 aliphatic heterocycles. The molecular formula is C26H32N4O4. The standard InChI is InChI=1S/C26H32N4O4/c1-3-34-26(33)20-6-10-23(11-7-20)30-18-21(16-24(30)31)25(32)27-22-8-4-19(5-9-22)17-29-14-12-28(2)13-15-29/h4-11,21H,3,12-18H2,1-2H3,(H,27,32). The van der Waals surface area contributed by atoms with Gasteiger partial charge in [-0.1, -0.05) is 12.1 Å². The largest absolute Gasteiger partial charge is 0.462 e. The lowest BCUT2D eigenvalue weighted by atomic mass is 10.1. The van der Waals surface area contributed by atoms with E-state index in [0.717, 1.165) is 38.4 Å². The van der Waals surface area contributed by atoms with Gasteiger partial charge in [-0.15, -0.1) is 0 Å². The summed E-state index contributed by atoms with van der Waals surface area (Å²) in [5.74, 6) is -1.09. The maximum atomic E-state index is 12.8. The van der Waals surface area contributed by atoms with Gasteiger partial charge in [0.2, 0.25) is 11.8 Å². The number of hydrogen-bond acceptors (Lipinski definition) is 6. The maximum absolute atomic E-state index is 12.8. The zero-order valence-electron chi connectivity index (χ0n) is 19.8. The third-order valence-corrected chi connectivity index (χ3v) is 6.41. The second kappa shape index (κ2) is 10.8. The van der Waals surface area contributed by atoms with E-state index in [2.05, 4.69) is 22.2 Å². The van der Waals surface area contributed by atoms with Crippen LogP contribution in [0.1, 0.15) is 29.3 Å². The van der Waals surface area contributed by atoms with Crippen LogP contribution in [0.25, 0.3) is 0 Å². The van der Waals surface area contributed by atoms with Gasteiger partial charge in [-0.2, -0.15) is 0 Å². The smallest absolute Gasteiger partial charge is 0.338 e. The van der Waals surface area contributed by atoms with Crippen LogP contribution in [0.15, 0.2) is 48.5 Å². The fourth-order valence-corrected chi connectivity index (χ4v) is 4.33. The fraction of sp³-hybridized carbons (Fsp3) is 0.423. The molecule has 2 aromatic carbocycles. The van der Waals surface area contributed by atoms with E-state index in [-0.39, 0.29) is 18.2 Å². The third-order valence-electron chi connectivity index (χ3n) is 6.41. The van der Waals surface area contributed by atoms with Crippen molar-refractivity contribution in [1.29, 1.82) is 0 Å². The van der Waals surface area contributed by atoms with Crippen LogP contribution in [-0.2, 0) is 20.9 Å².